The number of carbonyl (C=O) groups excluding carboxylic acids is 2. The van der Waals surface area contributed by atoms with Gasteiger partial charge in [0.2, 0.25) is 0 Å². The van der Waals surface area contributed by atoms with Gasteiger partial charge in [-0.3, -0.25) is 4.79 Å². The number of hydrogen-bond acceptors (Lipinski definition) is 6. The highest BCUT2D eigenvalue weighted by Crippen LogP contribution is 2.48. The molecule has 11 heteroatoms. The number of ether oxygens (including phenoxy) is 1. The molecule has 0 radical (unpaired) electrons. The van der Waals surface area contributed by atoms with Crippen molar-refractivity contribution in [1.82, 2.24) is 25.2 Å². The van der Waals surface area contributed by atoms with Gasteiger partial charge >= 0.3 is 6.09 Å². The Hall–Kier alpha value is -2.43. The zero-order valence-electron chi connectivity index (χ0n) is 21.2. The predicted octanol–water partition coefficient (Wildman–Crippen LogP) is 5.87. The van der Waals surface area contributed by atoms with E-state index in [-0.39, 0.29) is 12.5 Å². The number of nitrogens with zero attached hydrogens (tertiary/aromatic N) is 4. The number of benzene rings is 1. The number of likely N-dealkylation sites (tertiary alicyclic amines) is 1. The van der Waals surface area contributed by atoms with Crippen LogP contribution in [0.15, 0.2) is 41.0 Å². The Bertz CT molecular complexity index is 1360. The molecule has 3 heterocycles. The summed E-state index contributed by atoms with van der Waals surface area (Å²) < 4.78 is 8.84. The number of amides is 2. The number of hydrogen-bond donors (Lipinski definition) is 1. The zero-order valence-corrected chi connectivity index (χ0v) is 24.3. The lowest BCUT2D eigenvalue weighted by Crippen LogP contribution is -2.54. The molecule has 5 rings (SSSR count). The fourth-order valence-electron chi connectivity index (χ4n) is 4.82. The molecule has 1 aromatic carbocycles. The fraction of sp³-hybridized carbons (Fsp3) is 0.462. The largest absolute Gasteiger partial charge is 0.444 e. The van der Waals surface area contributed by atoms with Crippen LogP contribution in [-0.4, -0.2) is 50.6 Å². The SMILES string of the molecule is Cc1ccc(Br)cc1C1(NC(=O)C2(n3cc(-c4ccc(Cl)s4)nn3)CCN(C(=O)OC(C)(C)C)C2)CC1. The molecule has 2 aromatic heterocycles. The summed E-state index contributed by atoms with van der Waals surface area (Å²) in [6, 6.07) is 9.81. The second-order valence-electron chi connectivity index (χ2n) is 10.8. The maximum atomic E-state index is 14.2. The number of aromatic nitrogens is 3. The van der Waals surface area contributed by atoms with Gasteiger partial charge in [-0.15, -0.1) is 16.4 Å². The van der Waals surface area contributed by atoms with E-state index in [1.807, 2.05) is 32.9 Å². The average Bonchev–Trinajstić information content (AvgIpc) is 3.21. The van der Waals surface area contributed by atoms with Crippen molar-refractivity contribution in [3.8, 4) is 10.6 Å². The first-order valence-electron chi connectivity index (χ1n) is 12.2. The minimum Gasteiger partial charge on any atom is -0.444 e. The third kappa shape index (κ3) is 5.15. The van der Waals surface area contributed by atoms with Crippen molar-refractivity contribution in [2.45, 2.75) is 63.6 Å². The Balaban J connectivity index is 1.48. The highest BCUT2D eigenvalue weighted by molar-refractivity contribution is 9.10. The molecule has 8 nitrogen and oxygen atoms in total. The number of thiophene rings is 1. The van der Waals surface area contributed by atoms with E-state index in [0.717, 1.165) is 33.3 Å². The maximum Gasteiger partial charge on any atom is 0.410 e. The number of aryl methyl sites for hydroxylation is 1. The lowest BCUT2D eigenvalue weighted by atomic mass is 9.94. The van der Waals surface area contributed by atoms with Gasteiger partial charge in [-0.1, -0.05) is 38.8 Å². The standard InChI is InChI=1S/C26H29BrClN5O3S/c1-16-5-6-17(27)13-18(16)25(9-10-25)29-22(34)26(11-12-32(15-26)23(35)36-24(2,3)4)33-14-19(30-31-33)20-7-8-21(28)37-20/h5-8,13-14H,9-12,15H2,1-4H3,(H,29,34). The minimum absolute atomic E-state index is 0.134. The van der Waals surface area contributed by atoms with Gasteiger partial charge in [0.25, 0.3) is 5.91 Å². The Morgan fingerprint density at radius 2 is 1.95 bits per heavy atom. The molecule has 2 amide bonds. The molecule has 0 bridgehead atoms. The summed E-state index contributed by atoms with van der Waals surface area (Å²) in [5.74, 6) is -0.184. The van der Waals surface area contributed by atoms with Crippen LogP contribution in [0.2, 0.25) is 4.34 Å². The fourth-order valence-corrected chi connectivity index (χ4v) is 6.17. The van der Waals surface area contributed by atoms with Crippen molar-refractivity contribution in [2.24, 2.45) is 0 Å². The van der Waals surface area contributed by atoms with Gasteiger partial charge in [0.05, 0.1) is 27.5 Å². The molecular formula is C26H29BrClN5O3S. The van der Waals surface area contributed by atoms with Crippen molar-refractivity contribution in [1.29, 1.82) is 0 Å². The Morgan fingerprint density at radius 3 is 2.59 bits per heavy atom. The first-order chi connectivity index (χ1) is 17.4. The third-order valence-corrected chi connectivity index (χ3v) is 8.64. The van der Waals surface area contributed by atoms with Gasteiger partial charge in [-0.05, 0) is 75.9 Å². The molecule has 1 unspecified atom stereocenters. The van der Waals surface area contributed by atoms with Crippen molar-refractivity contribution < 1.29 is 14.3 Å². The molecule has 2 aliphatic rings. The molecule has 0 spiro atoms. The molecule has 1 saturated heterocycles. The van der Waals surface area contributed by atoms with Crippen molar-refractivity contribution in [3.63, 3.8) is 0 Å². The van der Waals surface area contributed by atoms with E-state index in [9.17, 15) is 9.59 Å². The molecular weight excluding hydrogens is 578 g/mol. The van der Waals surface area contributed by atoms with Crippen LogP contribution in [0.25, 0.3) is 10.6 Å². The molecule has 196 valence electrons. The van der Waals surface area contributed by atoms with E-state index in [1.165, 1.54) is 11.3 Å². The Labute approximate surface area is 233 Å². The van der Waals surface area contributed by atoms with E-state index in [1.54, 1.807) is 21.8 Å². The van der Waals surface area contributed by atoms with Crippen molar-refractivity contribution in [3.05, 3.63) is 56.5 Å². The zero-order chi connectivity index (χ0) is 26.6. The predicted molar refractivity (Wildman–Crippen MR) is 147 cm³/mol. The van der Waals surface area contributed by atoms with Crippen LogP contribution >= 0.6 is 38.9 Å². The maximum absolute atomic E-state index is 14.2. The lowest BCUT2D eigenvalue weighted by Gasteiger charge is -2.31. The van der Waals surface area contributed by atoms with Crippen LogP contribution in [0.3, 0.4) is 0 Å². The highest BCUT2D eigenvalue weighted by Gasteiger charge is 2.54. The highest BCUT2D eigenvalue weighted by atomic mass is 79.9. The summed E-state index contributed by atoms with van der Waals surface area (Å²) >= 11 is 11.1. The van der Waals surface area contributed by atoms with E-state index in [2.05, 4.69) is 50.6 Å². The summed E-state index contributed by atoms with van der Waals surface area (Å²) in [4.78, 5) is 29.6. The summed E-state index contributed by atoms with van der Waals surface area (Å²) in [7, 11) is 0. The molecule has 2 fully saturated rings. The third-order valence-electron chi connectivity index (χ3n) is 6.90. The number of rotatable bonds is 5. The van der Waals surface area contributed by atoms with Gasteiger partial charge in [0.1, 0.15) is 11.3 Å². The minimum atomic E-state index is -1.13. The van der Waals surface area contributed by atoms with Crippen LogP contribution in [0, 0.1) is 6.92 Å². The van der Waals surface area contributed by atoms with E-state index >= 15 is 0 Å². The summed E-state index contributed by atoms with van der Waals surface area (Å²) in [5, 5.41) is 12.1. The molecule has 1 aliphatic carbocycles. The molecule has 3 aromatic rings. The molecule has 1 saturated carbocycles. The first-order valence-corrected chi connectivity index (χ1v) is 14.2. The van der Waals surface area contributed by atoms with Gasteiger partial charge < -0.3 is 15.0 Å². The van der Waals surface area contributed by atoms with Crippen LogP contribution in [0.1, 0.15) is 51.2 Å². The van der Waals surface area contributed by atoms with E-state index in [4.69, 9.17) is 16.3 Å². The topological polar surface area (TPSA) is 89.4 Å². The molecule has 37 heavy (non-hydrogen) atoms. The monoisotopic (exact) mass is 605 g/mol. The smallest absolute Gasteiger partial charge is 0.410 e. The molecule has 1 aliphatic heterocycles. The van der Waals surface area contributed by atoms with Crippen LogP contribution in [0.4, 0.5) is 4.79 Å². The Morgan fingerprint density at radius 1 is 1.19 bits per heavy atom. The van der Waals surface area contributed by atoms with Crippen molar-refractivity contribution in [2.75, 3.05) is 13.1 Å². The number of carbonyl (C=O) groups is 2. The summed E-state index contributed by atoms with van der Waals surface area (Å²) in [6.07, 6.45) is 3.40. The second kappa shape index (κ2) is 9.39. The molecule has 1 atom stereocenters. The van der Waals surface area contributed by atoms with Crippen LogP contribution in [0.5, 0.6) is 0 Å². The average molecular weight is 607 g/mol. The van der Waals surface area contributed by atoms with Crippen LogP contribution in [-0.2, 0) is 20.6 Å². The van der Waals surface area contributed by atoms with Crippen LogP contribution < -0.4 is 5.32 Å². The van der Waals surface area contributed by atoms with Gasteiger partial charge in [0.15, 0.2) is 5.54 Å². The Kier molecular flexibility index (Phi) is 6.65. The van der Waals surface area contributed by atoms with E-state index in [0.29, 0.717) is 23.0 Å². The van der Waals surface area contributed by atoms with Gasteiger partial charge in [-0.2, -0.15) is 0 Å². The normalized spacial score (nSPS) is 20.6. The van der Waals surface area contributed by atoms with Crippen molar-refractivity contribution >= 4 is 50.9 Å². The van der Waals surface area contributed by atoms with Gasteiger partial charge in [-0.25, -0.2) is 9.48 Å². The summed E-state index contributed by atoms with van der Waals surface area (Å²) in [6.45, 7) is 8.04. The van der Waals surface area contributed by atoms with E-state index < -0.39 is 22.8 Å². The number of halogens is 2. The first kappa shape index (κ1) is 26.2. The lowest BCUT2D eigenvalue weighted by molar-refractivity contribution is -0.131. The quantitative estimate of drug-likeness (QED) is 0.392. The number of nitrogens with one attached hydrogen (secondary N) is 1. The van der Waals surface area contributed by atoms with Gasteiger partial charge in [0, 0.05) is 17.4 Å². The summed E-state index contributed by atoms with van der Waals surface area (Å²) in [5.41, 5.74) is 0.638. The second-order valence-corrected chi connectivity index (χ2v) is 13.5. The molecule has 1 N–H and O–H groups in total.